The second kappa shape index (κ2) is 20.9. The van der Waals surface area contributed by atoms with Crippen molar-refractivity contribution in [3.8, 4) is 0 Å². The minimum Gasteiger partial charge on any atom is -0.450 e. The Morgan fingerprint density at radius 1 is 0.600 bits per heavy atom. The molecule has 70 heavy (non-hydrogen) atoms. The summed E-state index contributed by atoms with van der Waals surface area (Å²) < 4.78 is 10.2. The largest absolute Gasteiger partial charge is 0.450 e. The molecule has 6 bridgehead atoms. The van der Waals surface area contributed by atoms with Crippen LogP contribution in [-0.4, -0.2) is 112 Å². The number of amides is 5. The quantitative estimate of drug-likeness (QED) is 0.155. The molecule has 3 aromatic rings. The fraction of sp³-hybridized carbons (Fsp3) is 0.585. The summed E-state index contributed by atoms with van der Waals surface area (Å²) >= 11 is 12.0. The Bertz CT molecular complexity index is 2340. The van der Waals surface area contributed by atoms with Crippen LogP contribution in [0.15, 0.2) is 66.9 Å². The summed E-state index contributed by atoms with van der Waals surface area (Å²) in [6, 6.07) is 21.2. The van der Waals surface area contributed by atoms with Gasteiger partial charge in [-0.3, -0.25) is 14.4 Å². The first-order valence-corrected chi connectivity index (χ1v) is 26.3. The highest BCUT2D eigenvalue weighted by Crippen LogP contribution is 2.50. The number of fused-ring (bicyclic) bond motifs is 6. The molecule has 17 heteroatoms. The van der Waals surface area contributed by atoms with Crippen LogP contribution in [0.25, 0.3) is 0 Å². The van der Waals surface area contributed by atoms with Gasteiger partial charge in [-0.05, 0) is 164 Å². The van der Waals surface area contributed by atoms with Gasteiger partial charge in [0, 0.05) is 70.6 Å². The fourth-order valence-electron chi connectivity index (χ4n) is 12.6. The number of carbonyl (C=O) groups is 5. The average Bonchev–Trinajstić information content (AvgIpc) is 4.26. The van der Waals surface area contributed by atoms with Crippen molar-refractivity contribution in [2.24, 2.45) is 11.5 Å². The maximum atomic E-state index is 13.2. The predicted molar refractivity (Wildman–Crippen MR) is 268 cm³/mol. The van der Waals surface area contributed by atoms with Crippen molar-refractivity contribution in [1.82, 2.24) is 25.4 Å². The van der Waals surface area contributed by atoms with E-state index >= 15 is 0 Å². The molecule has 6 aliphatic heterocycles. The lowest BCUT2D eigenvalue weighted by Gasteiger charge is -2.40. The summed E-state index contributed by atoms with van der Waals surface area (Å²) in [6.45, 7) is 4.54. The van der Waals surface area contributed by atoms with Gasteiger partial charge in [0.2, 0.25) is 17.7 Å². The number of halogens is 2. The van der Waals surface area contributed by atoms with Gasteiger partial charge >= 0.3 is 12.2 Å². The summed E-state index contributed by atoms with van der Waals surface area (Å²) in [4.78, 5) is 71.9. The Balaban J connectivity index is 0.000000139. The molecule has 2 aliphatic carbocycles. The Morgan fingerprint density at radius 2 is 0.986 bits per heavy atom. The SMILES string of the molecule is CCOC(=O)N1C2CCC1CC(N)C2.CCOC(=O)N1C2CCC1CC(NC(=O)C1(c3ccc(Cl)cc3)CC1)C2.NC(=O)c1ccc(N2C3CCC2CC(NC(=O)C2(c4ccc(Cl)cc4)CC2)C3)nc1. The van der Waals surface area contributed by atoms with Gasteiger partial charge in [-0.15, -0.1) is 0 Å². The molecule has 6 N–H and O–H groups in total. The molecule has 1 aromatic heterocycles. The van der Waals surface area contributed by atoms with Crippen molar-refractivity contribution in [2.75, 3.05) is 18.1 Å². The Morgan fingerprint density at radius 3 is 1.34 bits per heavy atom. The number of benzene rings is 2. The third kappa shape index (κ3) is 10.4. The van der Waals surface area contributed by atoms with Crippen molar-refractivity contribution >= 4 is 58.9 Å². The number of hydrogen-bond donors (Lipinski definition) is 4. The third-order valence-electron chi connectivity index (χ3n) is 16.3. The zero-order valence-electron chi connectivity index (χ0n) is 40.3. The van der Waals surface area contributed by atoms with E-state index in [0.29, 0.717) is 53.0 Å². The molecule has 376 valence electrons. The molecule has 8 fully saturated rings. The number of nitrogens with one attached hydrogen (secondary N) is 2. The number of rotatable bonds is 10. The Hall–Kier alpha value is -5.12. The highest BCUT2D eigenvalue weighted by atomic mass is 35.5. The number of piperidine rings is 3. The maximum absolute atomic E-state index is 13.2. The summed E-state index contributed by atoms with van der Waals surface area (Å²) in [5.41, 5.74) is 13.0. The van der Waals surface area contributed by atoms with Gasteiger partial charge in [0.05, 0.1) is 29.6 Å². The highest BCUT2D eigenvalue weighted by Gasteiger charge is 2.54. The number of pyridine rings is 1. The van der Waals surface area contributed by atoms with E-state index in [9.17, 15) is 24.0 Å². The first-order valence-electron chi connectivity index (χ1n) is 25.6. The molecular formula is C53H68Cl2N8O7. The molecule has 7 heterocycles. The number of ether oxygens (including phenoxy) is 2. The first kappa shape index (κ1) is 49.8. The van der Waals surface area contributed by atoms with E-state index < -0.39 is 5.91 Å². The van der Waals surface area contributed by atoms with Crippen molar-refractivity contribution < 1.29 is 33.4 Å². The number of anilines is 1. The van der Waals surface area contributed by atoms with Gasteiger partial charge < -0.3 is 46.3 Å². The minimum absolute atomic E-state index is 0.119. The first-order chi connectivity index (χ1) is 33.7. The zero-order valence-corrected chi connectivity index (χ0v) is 41.8. The third-order valence-corrected chi connectivity index (χ3v) is 16.8. The van der Waals surface area contributed by atoms with Crippen LogP contribution >= 0.6 is 23.2 Å². The fourth-order valence-corrected chi connectivity index (χ4v) is 12.8. The Kier molecular flexibility index (Phi) is 14.9. The molecule has 15 nitrogen and oxygen atoms in total. The molecule has 6 unspecified atom stereocenters. The normalized spacial score (nSPS) is 29.0. The summed E-state index contributed by atoms with van der Waals surface area (Å²) in [6.07, 6.45) is 16.5. The second-order valence-corrected chi connectivity index (χ2v) is 21.6. The molecule has 0 spiro atoms. The molecule has 2 aromatic carbocycles. The van der Waals surface area contributed by atoms with Crippen molar-refractivity contribution in [3.05, 3.63) is 93.6 Å². The van der Waals surface area contributed by atoms with Crippen LogP contribution in [0.1, 0.15) is 138 Å². The second-order valence-electron chi connectivity index (χ2n) is 20.7. The zero-order chi connectivity index (χ0) is 49.3. The number of hydrogen-bond acceptors (Lipinski definition) is 10. The van der Waals surface area contributed by atoms with Gasteiger partial charge in [-0.25, -0.2) is 14.6 Å². The number of primary amides is 1. The van der Waals surface area contributed by atoms with Gasteiger partial charge in [-0.1, -0.05) is 47.5 Å². The van der Waals surface area contributed by atoms with Crippen molar-refractivity contribution in [1.29, 1.82) is 0 Å². The van der Waals surface area contributed by atoms with Crippen LogP contribution in [0.4, 0.5) is 15.4 Å². The maximum Gasteiger partial charge on any atom is 0.410 e. The van der Waals surface area contributed by atoms with Crippen molar-refractivity contribution in [2.45, 2.75) is 182 Å². The molecular weight excluding hydrogens is 932 g/mol. The highest BCUT2D eigenvalue weighted by molar-refractivity contribution is 6.30. The lowest BCUT2D eigenvalue weighted by atomic mass is 9.92. The predicted octanol–water partition coefficient (Wildman–Crippen LogP) is 7.92. The molecule has 0 radical (unpaired) electrons. The molecule has 11 rings (SSSR count). The minimum atomic E-state index is -0.465. The van der Waals surface area contributed by atoms with Crippen molar-refractivity contribution in [3.63, 3.8) is 0 Å². The van der Waals surface area contributed by atoms with Crippen LogP contribution in [-0.2, 0) is 29.9 Å². The number of aromatic nitrogens is 1. The van der Waals surface area contributed by atoms with E-state index in [0.717, 1.165) is 120 Å². The summed E-state index contributed by atoms with van der Waals surface area (Å²) in [5, 5.41) is 8.01. The number of carbonyl (C=O) groups excluding carboxylic acids is 5. The smallest absolute Gasteiger partial charge is 0.410 e. The van der Waals surface area contributed by atoms with E-state index in [4.69, 9.17) is 44.1 Å². The topological polar surface area (TPSA) is 203 Å². The van der Waals surface area contributed by atoms with Crippen LogP contribution in [0, 0.1) is 0 Å². The molecule has 6 saturated heterocycles. The number of nitrogens with zero attached hydrogens (tertiary/aromatic N) is 4. The van der Waals surface area contributed by atoms with Gasteiger partial charge in [0.1, 0.15) is 5.82 Å². The molecule has 2 saturated carbocycles. The van der Waals surface area contributed by atoms with Crippen LogP contribution in [0.2, 0.25) is 10.0 Å². The average molecular weight is 1000 g/mol. The van der Waals surface area contributed by atoms with E-state index in [1.54, 1.807) is 12.3 Å². The lowest BCUT2D eigenvalue weighted by molar-refractivity contribution is -0.125. The van der Waals surface area contributed by atoms with Gasteiger partial charge in [0.25, 0.3) is 0 Å². The van der Waals surface area contributed by atoms with E-state index in [1.165, 1.54) is 0 Å². The van der Waals surface area contributed by atoms with Crippen LogP contribution in [0.3, 0.4) is 0 Å². The van der Waals surface area contributed by atoms with Crippen LogP contribution in [0.5, 0.6) is 0 Å². The van der Waals surface area contributed by atoms with Crippen LogP contribution < -0.4 is 27.0 Å². The molecule has 8 aliphatic rings. The lowest BCUT2D eigenvalue weighted by Crippen LogP contribution is -2.53. The van der Waals surface area contributed by atoms with E-state index in [1.807, 2.05) is 78.2 Å². The standard InChI is InChI=1S/C23H25ClN4O2.C20H25ClN2O3.C10H18N2O2/c24-16-4-2-15(3-5-16)23(9-10-23)22(30)27-17-11-18-6-7-19(12-17)28(18)20-8-1-14(13-26-20)21(25)29;1-2-26-19(25)23-16-7-8-17(23)12-15(11-16)22-18(24)20(9-10-20)13-3-5-14(21)6-4-13;1-2-14-10(13)12-8-3-4-9(12)6-7(11)5-8/h1-5,8,13,17-19H,6-7,9-12H2,(H2,25,29)(H,27,30);3-6,15-17H,2,7-12H2,1H3,(H,22,24);7-9H,2-6,11H2,1H3. The van der Waals surface area contributed by atoms with Gasteiger partial charge in [-0.2, -0.15) is 0 Å². The summed E-state index contributed by atoms with van der Waals surface area (Å²) in [5.74, 6) is 0.686. The van der Waals surface area contributed by atoms with Gasteiger partial charge in [0.15, 0.2) is 0 Å². The monoisotopic (exact) mass is 998 g/mol. The molecule has 6 atom stereocenters. The van der Waals surface area contributed by atoms with E-state index in [-0.39, 0.29) is 65.0 Å². The summed E-state index contributed by atoms with van der Waals surface area (Å²) in [7, 11) is 0. The Labute approximate surface area is 421 Å². The number of nitrogens with two attached hydrogens (primary N) is 2. The molecule has 5 amide bonds. The van der Waals surface area contributed by atoms with E-state index in [2.05, 4.69) is 20.5 Å².